The molecule has 0 aliphatic heterocycles. The number of aromatic amines is 1. The van der Waals surface area contributed by atoms with Gasteiger partial charge in [-0.05, 0) is 48.5 Å². The average molecular weight is 417 g/mol. The maximum absolute atomic E-state index is 12.3. The monoisotopic (exact) mass is 416 g/mol. The predicted octanol–water partition coefficient (Wildman–Crippen LogP) is 5.57. The van der Waals surface area contributed by atoms with Crippen LogP contribution < -0.4 is 5.32 Å². The minimum absolute atomic E-state index is 0.0665. The maximum atomic E-state index is 12.3. The second-order valence-corrected chi connectivity index (χ2v) is 8.45. The minimum atomic E-state index is -0.0665. The van der Waals surface area contributed by atoms with Gasteiger partial charge in [0, 0.05) is 11.3 Å². The number of thioether (sulfide) groups is 1. The topological polar surface area (TPSA) is 70.7 Å². The Labute approximate surface area is 175 Å². The molecule has 0 fully saturated rings. The van der Waals surface area contributed by atoms with Gasteiger partial charge in [-0.1, -0.05) is 36.0 Å². The number of carbonyl (C=O) groups excluding carboxylic acids is 1. The molecule has 0 saturated heterocycles. The summed E-state index contributed by atoms with van der Waals surface area (Å²) in [6, 6.07) is 23.7. The standard InChI is InChI=1S/C22H16N4OS2/c27-20(13-28-22-25-16-5-1-2-6-17(16)26-22)23-15-11-9-14(10-12-15)21-24-18-7-3-4-8-19(18)29-21/h1-12H,13H2,(H,23,27)(H,25,26). The molecule has 2 aromatic heterocycles. The lowest BCUT2D eigenvalue weighted by Gasteiger charge is -2.05. The lowest BCUT2D eigenvalue weighted by molar-refractivity contribution is -0.113. The van der Waals surface area contributed by atoms with Crippen LogP contribution in [0.15, 0.2) is 78.0 Å². The molecule has 0 radical (unpaired) electrons. The molecule has 5 nitrogen and oxygen atoms in total. The van der Waals surface area contributed by atoms with Crippen LogP contribution in [0.2, 0.25) is 0 Å². The van der Waals surface area contributed by atoms with Gasteiger partial charge in [0.05, 0.1) is 27.0 Å². The van der Waals surface area contributed by atoms with Crippen molar-refractivity contribution in [1.82, 2.24) is 15.0 Å². The second kappa shape index (κ2) is 7.69. The lowest BCUT2D eigenvalue weighted by Crippen LogP contribution is -2.14. The maximum Gasteiger partial charge on any atom is 0.234 e. The van der Waals surface area contributed by atoms with Crippen LogP contribution in [-0.2, 0) is 4.79 Å². The molecule has 0 saturated carbocycles. The van der Waals surface area contributed by atoms with E-state index in [4.69, 9.17) is 0 Å². The summed E-state index contributed by atoms with van der Waals surface area (Å²) in [6.07, 6.45) is 0. The summed E-state index contributed by atoms with van der Waals surface area (Å²) in [5.74, 6) is 0.225. The van der Waals surface area contributed by atoms with Crippen LogP contribution in [0.1, 0.15) is 0 Å². The molecule has 0 spiro atoms. The Balaban J connectivity index is 1.22. The summed E-state index contributed by atoms with van der Waals surface area (Å²) in [5.41, 5.74) is 4.69. The third-order valence-electron chi connectivity index (χ3n) is 4.42. The van der Waals surface area contributed by atoms with Crippen LogP contribution in [0.25, 0.3) is 31.8 Å². The molecule has 0 aliphatic carbocycles. The van der Waals surface area contributed by atoms with Crippen LogP contribution in [0.4, 0.5) is 5.69 Å². The van der Waals surface area contributed by atoms with Crippen LogP contribution in [0.5, 0.6) is 0 Å². The smallest absolute Gasteiger partial charge is 0.234 e. The van der Waals surface area contributed by atoms with Crippen molar-refractivity contribution in [3.63, 3.8) is 0 Å². The highest BCUT2D eigenvalue weighted by Gasteiger charge is 2.09. The van der Waals surface area contributed by atoms with Crippen LogP contribution in [0, 0.1) is 0 Å². The van der Waals surface area contributed by atoms with Crippen molar-refractivity contribution >= 4 is 55.9 Å². The molecule has 2 heterocycles. The van der Waals surface area contributed by atoms with Gasteiger partial charge in [-0.2, -0.15) is 0 Å². The van der Waals surface area contributed by atoms with Crippen molar-refractivity contribution in [3.05, 3.63) is 72.8 Å². The molecule has 3 aromatic carbocycles. The fraction of sp³-hybridized carbons (Fsp3) is 0.0455. The third kappa shape index (κ3) is 3.87. The summed E-state index contributed by atoms with van der Waals surface area (Å²) in [7, 11) is 0. The number of hydrogen-bond donors (Lipinski definition) is 2. The van der Waals surface area contributed by atoms with E-state index in [9.17, 15) is 4.79 Å². The van der Waals surface area contributed by atoms with E-state index in [1.54, 1.807) is 11.3 Å². The predicted molar refractivity (Wildman–Crippen MR) is 121 cm³/mol. The summed E-state index contributed by atoms with van der Waals surface area (Å²) >= 11 is 3.05. The molecule has 29 heavy (non-hydrogen) atoms. The first-order valence-electron chi connectivity index (χ1n) is 9.08. The SMILES string of the molecule is O=C(CSc1nc2ccccc2[nH]1)Nc1ccc(-c2nc3ccccc3s2)cc1. The van der Waals surface area contributed by atoms with Crippen molar-refractivity contribution in [2.45, 2.75) is 5.16 Å². The number of thiazole rings is 1. The molecule has 142 valence electrons. The largest absolute Gasteiger partial charge is 0.333 e. The van der Waals surface area contributed by atoms with Crippen LogP contribution >= 0.6 is 23.1 Å². The number of nitrogens with one attached hydrogen (secondary N) is 2. The van der Waals surface area contributed by atoms with Gasteiger partial charge in [0.15, 0.2) is 5.16 Å². The third-order valence-corrected chi connectivity index (χ3v) is 6.38. The molecule has 7 heteroatoms. The van der Waals surface area contributed by atoms with Gasteiger partial charge in [-0.15, -0.1) is 11.3 Å². The number of aromatic nitrogens is 3. The molecule has 5 rings (SSSR count). The molecule has 2 N–H and O–H groups in total. The van der Waals surface area contributed by atoms with Gasteiger partial charge >= 0.3 is 0 Å². The second-order valence-electron chi connectivity index (χ2n) is 6.46. The Morgan fingerprint density at radius 1 is 0.931 bits per heavy atom. The van der Waals surface area contributed by atoms with Crippen molar-refractivity contribution in [1.29, 1.82) is 0 Å². The number of rotatable bonds is 5. The first-order valence-corrected chi connectivity index (χ1v) is 10.9. The van der Waals surface area contributed by atoms with Crippen LogP contribution in [0.3, 0.4) is 0 Å². The zero-order valence-electron chi connectivity index (χ0n) is 15.3. The number of amides is 1. The fourth-order valence-corrected chi connectivity index (χ4v) is 4.68. The van der Waals surface area contributed by atoms with E-state index in [0.29, 0.717) is 5.75 Å². The molecule has 1 amide bonds. The molecule has 0 unspecified atom stereocenters. The summed E-state index contributed by atoms with van der Waals surface area (Å²) in [6.45, 7) is 0. The highest BCUT2D eigenvalue weighted by molar-refractivity contribution is 7.99. The van der Waals surface area contributed by atoms with E-state index in [2.05, 4.69) is 26.3 Å². The number of para-hydroxylation sites is 3. The number of hydrogen-bond acceptors (Lipinski definition) is 5. The van der Waals surface area contributed by atoms with Gasteiger partial charge in [0.25, 0.3) is 0 Å². The number of imidazole rings is 1. The molecular formula is C22H16N4OS2. The first-order chi connectivity index (χ1) is 14.2. The quantitative estimate of drug-likeness (QED) is 0.368. The van der Waals surface area contributed by atoms with E-state index in [1.807, 2.05) is 66.7 Å². The molecule has 5 aromatic rings. The summed E-state index contributed by atoms with van der Waals surface area (Å²) < 4.78 is 1.17. The van der Waals surface area contributed by atoms with Crippen LogP contribution in [-0.4, -0.2) is 26.6 Å². The highest BCUT2D eigenvalue weighted by Crippen LogP contribution is 2.30. The Morgan fingerprint density at radius 3 is 2.48 bits per heavy atom. The van der Waals surface area contributed by atoms with Gasteiger partial charge < -0.3 is 10.3 Å². The van der Waals surface area contributed by atoms with E-state index in [-0.39, 0.29) is 5.91 Å². The number of H-pyrrole nitrogens is 1. The minimum Gasteiger partial charge on any atom is -0.333 e. The summed E-state index contributed by atoms with van der Waals surface area (Å²) in [5, 5.41) is 4.65. The zero-order valence-corrected chi connectivity index (χ0v) is 16.9. The van der Waals surface area contributed by atoms with Crippen molar-refractivity contribution in [2.75, 3.05) is 11.1 Å². The van der Waals surface area contributed by atoms with E-state index in [0.717, 1.165) is 38.0 Å². The summed E-state index contributed by atoms with van der Waals surface area (Å²) in [4.78, 5) is 24.7. The highest BCUT2D eigenvalue weighted by atomic mass is 32.2. The number of carbonyl (C=O) groups is 1. The number of benzene rings is 3. The van der Waals surface area contributed by atoms with Gasteiger partial charge in [0.1, 0.15) is 5.01 Å². The lowest BCUT2D eigenvalue weighted by atomic mass is 10.2. The average Bonchev–Trinajstić information content (AvgIpc) is 3.36. The molecule has 0 atom stereocenters. The zero-order chi connectivity index (χ0) is 19.6. The number of fused-ring (bicyclic) bond motifs is 2. The first kappa shape index (κ1) is 17.9. The Hall–Kier alpha value is -3.16. The fourth-order valence-electron chi connectivity index (χ4n) is 3.02. The Bertz CT molecular complexity index is 1240. The molecule has 0 bridgehead atoms. The van der Waals surface area contributed by atoms with Gasteiger partial charge in [-0.3, -0.25) is 4.79 Å². The molecular weight excluding hydrogens is 400 g/mol. The van der Waals surface area contributed by atoms with Gasteiger partial charge in [0.2, 0.25) is 5.91 Å². The van der Waals surface area contributed by atoms with E-state index in [1.165, 1.54) is 16.5 Å². The van der Waals surface area contributed by atoms with Crippen molar-refractivity contribution in [2.24, 2.45) is 0 Å². The number of nitrogens with zero attached hydrogens (tertiary/aromatic N) is 2. The van der Waals surface area contributed by atoms with Crippen molar-refractivity contribution < 1.29 is 4.79 Å². The van der Waals surface area contributed by atoms with E-state index >= 15 is 0 Å². The Kier molecular flexibility index (Phi) is 4.75. The van der Waals surface area contributed by atoms with Gasteiger partial charge in [-0.25, -0.2) is 9.97 Å². The Morgan fingerprint density at radius 2 is 1.69 bits per heavy atom. The molecule has 0 aliphatic rings. The normalized spacial score (nSPS) is 11.2. The number of anilines is 1. The van der Waals surface area contributed by atoms with Crippen molar-refractivity contribution in [3.8, 4) is 10.6 Å². The van der Waals surface area contributed by atoms with E-state index < -0.39 is 0 Å².